The highest BCUT2D eigenvalue weighted by Gasteiger charge is 2.10. The number of thioether (sulfide) groups is 1. The molecule has 100 valence electrons. The van der Waals surface area contributed by atoms with Crippen LogP contribution in [0.15, 0.2) is 22.7 Å². The quantitative estimate of drug-likeness (QED) is 0.752. The second-order valence-electron chi connectivity index (χ2n) is 4.20. The van der Waals surface area contributed by atoms with Gasteiger partial charge >= 0.3 is 0 Å². The molecule has 2 nitrogen and oxygen atoms in total. The van der Waals surface area contributed by atoms with E-state index in [4.69, 9.17) is 4.74 Å². The van der Waals surface area contributed by atoms with Gasteiger partial charge in [0.05, 0.1) is 12.9 Å². The SMILES string of the molecule is CCC(C)SCC(=O)Cc1cc(OC)ccc1Br. The van der Waals surface area contributed by atoms with E-state index in [-0.39, 0.29) is 5.78 Å². The Bertz CT molecular complexity index is 407. The molecule has 0 aliphatic rings. The van der Waals surface area contributed by atoms with Gasteiger partial charge in [-0.25, -0.2) is 0 Å². The van der Waals surface area contributed by atoms with Crippen LogP contribution in [0.1, 0.15) is 25.8 Å². The molecule has 0 heterocycles. The van der Waals surface area contributed by atoms with Crippen LogP contribution in [0, 0.1) is 0 Å². The van der Waals surface area contributed by atoms with Gasteiger partial charge in [-0.3, -0.25) is 4.79 Å². The molecule has 0 aliphatic carbocycles. The van der Waals surface area contributed by atoms with Gasteiger partial charge in [-0.05, 0) is 30.2 Å². The lowest BCUT2D eigenvalue weighted by molar-refractivity contribution is -0.116. The molecule has 0 bridgehead atoms. The molecule has 0 fully saturated rings. The number of methoxy groups -OCH3 is 1. The van der Waals surface area contributed by atoms with E-state index in [2.05, 4.69) is 29.8 Å². The van der Waals surface area contributed by atoms with Crippen molar-refractivity contribution in [1.82, 2.24) is 0 Å². The van der Waals surface area contributed by atoms with Crippen molar-refractivity contribution in [1.29, 1.82) is 0 Å². The third-order valence-corrected chi connectivity index (χ3v) is 4.91. The van der Waals surface area contributed by atoms with Crippen LogP contribution in [0.4, 0.5) is 0 Å². The van der Waals surface area contributed by atoms with Crippen molar-refractivity contribution in [2.24, 2.45) is 0 Å². The Morgan fingerprint density at radius 2 is 2.22 bits per heavy atom. The Morgan fingerprint density at radius 1 is 1.50 bits per heavy atom. The maximum absolute atomic E-state index is 11.9. The van der Waals surface area contributed by atoms with Crippen molar-refractivity contribution in [2.75, 3.05) is 12.9 Å². The van der Waals surface area contributed by atoms with Crippen LogP contribution in [-0.2, 0) is 11.2 Å². The first kappa shape index (κ1) is 15.6. The van der Waals surface area contributed by atoms with Crippen molar-refractivity contribution in [3.8, 4) is 5.75 Å². The smallest absolute Gasteiger partial charge is 0.147 e. The molecule has 1 atom stereocenters. The molecule has 0 saturated heterocycles. The van der Waals surface area contributed by atoms with Crippen molar-refractivity contribution in [3.05, 3.63) is 28.2 Å². The Labute approximate surface area is 122 Å². The summed E-state index contributed by atoms with van der Waals surface area (Å²) in [6.45, 7) is 4.29. The molecule has 4 heteroatoms. The van der Waals surface area contributed by atoms with Gasteiger partial charge < -0.3 is 4.74 Å². The monoisotopic (exact) mass is 330 g/mol. The summed E-state index contributed by atoms with van der Waals surface area (Å²) in [7, 11) is 1.63. The molecule has 18 heavy (non-hydrogen) atoms. The molecule has 0 N–H and O–H groups in total. The van der Waals surface area contributed by atoms with Gasteiger partial charge in [-0.1, -0.05) is 29.8 Å². The fraction of sp³-hybridized carbons (Fsp3) is 0.500. The Hall–Kier alpha value is -0.480. The lowest BCUT2D eigenvalue weighted by Crippen LogP contribution is -2.09. The number of halogens is 1. The van der Waals surface area contributed by atoms with E-state index in [1.54, 1.807) is 18.9 Å². The predicted octanol–water partition coefficient (Wildman–Crippen LogP) is 4.10. The maximum Gasteiger partial charge on any atom is 0.147 e. The molecular weight excluding hydrogens is 312 g/mol. The Morgan fingerprint density at radius 3 is 2.83 bits per heavy atom. The van der Waals surface area contributed by atoms with Gasteiger partial charge in [0, 0.05) is 16.1 Å². The van der Waals surface area contributed by atoms with Gasteiger partial charge in [0.1, 0.15) is 11.5 Å². The van der Waals surface area contributed by atoms with Crippen LogP contribution in [0.2, 0.25) is 0 Å². The summed E-state index contributed by atoms with van der Waals surface area (Å²) < 4.78 is 6.13. The topological polar surface area (TPSA) is 26.3 Å². The van der Waals surface area contributed by atoms with Crippen LogP contribution in [0.5, 0.6) is 5.75 Å². The highest BCUT2D eigenvalue weighted by Crippen LogP contribution is 2.24. The van der Waals surface area contributed by atoms with Gasteiger partial charge in [-0.15, -0.1) is 0 Å². The lowest BCUT2D eigenvalue weighted by Gasteiger charge is -2.09. The van der Waals surface area contributed by atoms with E-state index in [9.17, 15) is 4.79 Å². The zero-order valence-corrected chi connectivity index (χ0v) is 13.4. The highest BCUT2D eigenvalue weighted by molar-refractivity contribution is 9.10. The van der Waals surface area contributed by atoms with Gasteiger partial charge in [-0.2, -0.15) is 11.8 Å². The molecule has 0 aliphatic heterocycles. The number of hydrogen-bond acceptors (Lipinski definition) is 3. The Balaban J connectivity index is 2.58. The second-order valence-corrected chi connectivity index (χ2v) is 6.48. The van der Waals surface area contributed by atoms with Gasteiger partial charge in [0.15, 0.2) is 0 Å². The summed E-state index contributed by atoms with van der Waals surface area (Å²) in [6, 6.07) is 5.71. The Kier molecular flexibility index (Phi) is 6.79. The third-order valence-electron chi connectivity index (χ3n) is 2.74. The number of carbonyl (C=O) groups is 1. The fourth-order valence-electron chi connectivity index (χ4n) is 1.43. The molecule has 0 amide bonds. The molecule has 0 spiro atoms. The van der Waals surface area contributed by atoms with Crippen molar-refractivity contribution >= 4 is 33.5 Å². The van der Waals surface area contributed by atoms with Crippen molar-refractivity contribution < 1.29 is 9.53 Å². The molecule has 0 radical (unpaired) electrons. The van der Waals surface area contributed by atoms with E-state index in [0.29, 0.717) is 17.4 Å². The van der Waals surface area contributed by atoms with E-state index < -0.39 is 0 Å². The van der Waals surface area contributed by atoms with E-state index >= 15 is 0 Å². The first-order valence-corrected chi connectivity index (χ1v) is 7.86. The van der Waals surface area contributed by atoms with Gasteiger partial charge in [0.25, 0.3) is 0 Å². The van der Waals surface area contributed by atoms with Crippen molar-refractivity contribution in [2.45, 2.75) is 31.9 Å². The first-order chi connectivity index (χ1) is 8.56. The fourth-order valence-corrected chi connectivity index (χ4v) is 2.63. The number of benzene rings is 1. The molecule has 1 aromatic carbocycles. The van der Waals surface area contributed by atoms with Crippen molar-refractivity contribution in [3.63, 3.8) is 0 Å². The lowest BCUT2D eigenvalue weighted by atomic mass is 10.1. The molecule has 0 aromatic heterocycles. The highest BCUT2D eigenvalue weighted by atomic mass is 79.9. The predicted molar refractivity (Wildman–Crippen MR) is 81.6 cm³/mol. The number of ether oxygens (including phenoxy) is 1. The summed E-state index contributed by atoms with van der Waals surface area (Å²) >= 11 is 5.19. The number of rotatable bonds is 7. The zero-order chi connectivity index (χ0) is 13.5. The summed E-state index contributed by atoms with van der Waals surface area (Å²) in [5, 5.41) is 0.544. The van der Waals surface area contributed by atoms with Crippen LogP contribution < -0.4 is 4.74 Å². The number of hydrogen-bond donors (Lipinski definition) is 0. The number of carbonyl (C=O) groups excluding carboxylic acids is 1. The summed E-state index contributed by atoms with van der Waals surface area (Å²) in [4.78, 5) is 11.9. The van der Waals surface area contributed by atoms with E-state index in [1.165, 1.54) is 0 Å². The van der Waals surface area contributed by atoms with Crippen LogP contribution in [0.25, 0.3) is 0 Å². The largest absolute Gasteiger partial charge is 0.497 e. The number of Topliss-reactive ketones (excluding diaryl/α,β-unsaturated/α-hetero) is 1. The maximum atomic E-state index is 11.9. The summed E-state index contributed by atoms with van der Waals surface area (Å²) in [6.07, 6.45) is 1.56. The molecule has 1 rings (SSSR count). The minimum Gasteiger partial charge on any atom is -0.497 e. The molecule has 1 aromatic rings. The average molecular weight is 331 g/mol. The van der Waals surface area contributed by atoms with Crippen LogP contribution in [0.3, 0.4) is 0 Å². The van der Waals surface area contributed by atoms with Crippen LogP contribution >= 0.6 is 27.7 Å². The standard InChI is InChI=1S/C14H19BrO2S/c1-4-10(2)18-9-12(16)7-11-8-13(17-3)5-6-14(11)15/h5-6,8,10H,4,7,9H2,1-3H3. The van der Waals surface area contributed by atoms with E-state index in [0.717, 1.165) is 22.2 Å². The van der Waals surface area contributed by atoms with Gasteiger partial charge in [0.2, 0.25) is 0 Å². The van der Waals surface area contributed by atoms with Crippen LogP contribution in [-0.4, -0.2) is 23.9 Å². The third kappa shape index (κ3) is 5.02. The zero-order valence-electron chi connectivity index (χ0n) is 11.0. The van der Waals surface area contributed by atoms with E-state index in [1.807, 2.05) is 18.2 Å². The molecule has 0 saturated carbocycles. The minimum absolute atomic E-state index is 0.259. The number of ketones is 1. The minimum atomic E-state index is 0.259. The normalized spacial score (nSPS) is 12.2. The first-order valence-electron chi connectivity index (χ1n) is 6.02. The average Bonchev–Trinajstić information content (AvgIpc) is 2.38. The molecular formula is C14H19BrO2S. The summed E-state index contributed by atoms with van der Waals surface area (Å²) in [5.41, 5.74) is 0.990. The molecule has 1 unspecified atom stereocenters. The second kappa shape index (κ2) is 7.85. The summed E-state index contributed by atoms with van der Waals surface area (Å²) in [5.74, 6) is 1.63.